The molecule has 0 aliphatic heterocycles. The number of alkyl halides is 4. The number of phenols is 1. The van der Waals surface area contributed by atoms with E-state index in [0.29, 0.717) is 27.7 Å². The first-order chi connectivity index (χ1) is 13.5. The Hall–Kier alpha value is -2.27. The van der Waals surface area contributed by atoms with Crippen LogP contribution in [0, 0.1) is 12.7 Å². The van der Waals surface area contributed by atoms with E-state index in [-0.39, 0.29) is 28.9 Å². The second kappa shape index (κ2) is 7.86. The topological polar surface area (TPSA) is 62.5 Å². The van der Waals surface area contributed by atoms with Crippen LogP contribution in [-0.2, 0) is 17.8 Å². The molecule has 0 amide bonds. The lowest BCUT2D eigenvalue weighted by atomic mass is 10.1. The van der Waals surface area contributed by atoms with Gasteiger partial charge < -0.3 is 14.8 Å². The Labute approximate surface area is 169 Å². The Morgan fingerprint density at radius 3 is 2.62 bits per heavy atom. The summed E-state index contributed by atoms with van der Waals surface area (Å²) in [6.07, 6.45) is -4.16. The number of aliphatic carboxylic acids is 1. The van der Waals surface area contributed by atoms with Crippen molar-refractivity contribution in [3.63, 3.8) is 0 Å². The number of carbonyl (C=O) groups is 1. The van der Waals surface area contributed by atoms with Crippen molar-refractivity contribution in [1.29, 1.82) is 0 Å². The summed E-state index contributed by atoms with van der Waals surface area (Å²) in [4.78, 5) is 11.2. The zero-order valence-electron chi connectivity index (χ0n) is 14.8. The fraction of sp³-hybridized carbons (Fsp3) is 0.278. The average molecular weight is 451 g/mol. The standard InChI is InChI=1S/C18H14F5NO3S2/c1-8-10(4-15(26)27)11-3-14(25)12(19)5-13(11)24(8)6-9-2-16(28-7-9)29-18(22,23)17(20)21/h2-3,5,7,17,25H,4,6H2,1H3,(H,26,27). The molecule has 0 spiro atoms. The van der Waals surface area contributed by atoms with Gasteiger partial charge in [-0.15, -0.1) is 11.3 Å². The number of hydrogen-bond donors (Lipinski definition) is 2. The summed E-state index contributed by atoms with van der Waals surface area (Å²) in [5, 5.41) is 16.5. The highest BCUT2D eigenvalue weighted by atomic mass is 32.2. The highest BCUT2D eigenvalue weighted by Gasteiger charge is 2.42. The third-order valence-corrected chi connectivity index (χ3v) is 6.39. The molecule has 3 aromatic rings. The van der Waals surface area contributed by atoms with Gasteiger partial charge in [-0.1, -0.05) is 0 Å². The molecular formula is C18H14F5NO3S2. The van der Waals surface area contributed by atoms with Gasteiger partial charge in [0.1, 0.15) is 0 Å². The summed E-state index contributed by atoms with van der Waals surface area (Å²) in [5.74, 6) is -2.62. The van der Waals surface area contributed by atoms with Crippen LogP contribution in [0.15, 0.2) is 27.8 Å². The minimum Gasteiger partial charge on any atom is -0.505 e. The number of thioether (sulfide) groups is 1. The van der Waals surface area contributed by atoms with Gasteiger partial charge in [-0.05, 0) is 47.3 Å². The van der Waals surface area contributed by atoms with Crippen molar-refractivity contribution in [2.45, 2.75) is 35.8 Å². The summed E-state index contributed by atoms with van der Waals surface area (Å²) < 4.78 is 66.7. The largest absolute Gasteiger partial charge is 0.505 e. The minimum absolute atomic E-state index is 0.00556. The fourth-order valence-electron chi connectivity index (χ4n) is 2.98. The summed E-state index contributed by atoms with van der Waals surface area (Å²) in [5.41, 5.74) is 1.73. The minimum atomic E-state index is -4.21. The second-order valence-electron chi connectivity index (χ2n) is 6.28. The normalized spacial score (nSPS) is 12.2. The van der Waals surface area contributed by atoms with E-state index in [9.17, 15) is 31.9 Å². The number of benzene rings is 1. The van der Waals surface area contributed by atoms with Gasteiger partial charge in [-0.3, -0.25) is 4.79 Å². The van der Waals surface area contributed by atoms with Crippen molar-refractivity contribution in [1.82, 2.24) is 4.57 Å². The number of rotatable bonds is 7. The molecule has 0 saturated heterocycles. The van der Waals surface area contributed by atoms with Crippen LogP contribution >= 0.6 is 23.1 Å². The molecule has 2 aromatic heterocycles. The zero-order chi connectivity index (χ0) is 21.5. The number of nitrogens with zero attached hydrogens (tertiary/aromatic N) is 1. The molecule has 0 atom stereocenters. The molecule has 11 heteroatoms. The number of aromatic hydroxyl groups is 1. The number of carboxylic acids is 1. The van der Waals surface area contributed by atoms with E-state index < -0.39 is 29.2 Å². The zero-order valence-corrected chi connectivity index (χ0v) is 16.4. The maximum absolute atomic E-state index is 13.9. The molecule has 0 saturated carbocycles. The number of thiophene rings is 1. The van der Waals surface area contributed by atoms with E-state index in [1.807, 2.05) is 0 Å². The first-order valence-corrected chi connectivity index (χ1v) is 9.83. The van der Waals surface area contributed by atoms with Gasteiger partial charge >= 0.3 is 17.6 Å². The maximum Gasteiger partial charge on any atom is 0.358 e. The van der Waals surface area contributed by atoms with Gasteiger partial charge in [0.2, 0.25) is 0 Å². The summed E-state index contributed by atoms with van der Waals surface area (Å²) in [7, 11) is 0. The van der Waals surface area contributed by atoms with Gasteiger partial charge in [-0.2, -0.15) is 8.78 Å². The van der Waals surface area contributed by atoms with Crippen LogP contribution in [0.5, 0.6) is 5.75 Å². The van der Waals surface area contributed by atoms with Gasteiger partial charge in [-0.25, -0.2) is 13.2 Å². The molecule has 0 aliphatic rings. The molecule has 0 fully saturated rings. The van der Waals surface area contributed by atoms with Crippen LogP contribution < -0.4 is 0 Å². The second-order valence-corrected chi connectivity index (χ2v) is 8.64. The molecule has 0 bridgehead atoms. The van der Waals surface area contributed by atoms with Crippen molar-refractivity contribution < 1.29 is 37.0 Å². The van der Waals surface area contributed by atoms with Crippen LogP contribution in [0.1, 0.15) is 16.8 Å². The van der Waals surface area contributed by atoms with Crippen molar-refractivity contribution in [3.05, 3.63) is 46.2 Å². The molecule has 29 heavy (non-hydrogen) atoms. The average Bonchev–Trinajstić information content (AvgIpc) is 3.13. The molecule has 2 N–H and O–H groups in total. The Morgan fingerprint density at radius 1 is 1.31 bits per heavy atom. The van der Waals surface area contributed by atoms with E-state index in [1.54, 1.807) is 11.5 Å². The van der Waals surface area contributed by atoms with Crippen LogP contribution in [-0.4, -0.2) is 32.4 Å². The van der Waals surface area contributed by atoms with Crippen molar-refractivity contribution in [3.8, 4) is 5.75 Å². The SMILES string of the molecule is Cc1c(CC(=O)O)c2cc(O)c(F)cc2n1Cc1csc(SC(F)(F)C(F)F)c1. The van der Waals surface area contributed by atoms with Crippen LogP contribution in [0.25, 0.3) is 10.9 Å². The number of carboxylic acid groups (broad SMARTS) is 1. The number of fused-ring (bicyclic) bond motifs is 1. The summed E-state index contributed by atoms with van der Waals surface area (Å²) >= 11 is 0.642. The molecule has 3 rings (SSSR count). The summed E-state index contributed by atoms with van der Waals surface area (Å²) in [6, 6.07) is 3.55. The van der Waals surface area contributed by atoms with E-state index in [2.05, 4.69) is 0 Å². The van der Waals surface area contributed by atoms with Crippen LogP contribution in [0.2, 0.25) is 0 Å². The Kier molecular flexibility index (Phi) is 5.81. The Morgan fingerprint density at radius 2 is 2.00 bits per heavy atom. The van der Waals surface area contributed by atoms with Crippen LogP contribution in [0.3, 0.4) is 0 Å². The van der Waals surface area contributed by atoms with Gasteiger partial charge in [0.15, 0.2) is 11.6 Å². The van der Waals surface area contributed by atoms with Gasteiger partial charge in [0.05, 0.1) is 16.1 Å². The van der Waals surface area contributed by atoms with Crippen molar-refractivity contribution >= 4 is 40.0 Å². The number of aromatic nitrogens is 1. The lowest BCUT2D eigenvalue weighted by molar-refractivity contribution is -0.136. The molecule has 0 unspecified atom stereocenters. The third kappa shape index (κ3) is 4.35. The third-order valence-electron chi connectivity index (χ3n) is 4.31. The Bertz CT molecular complexity index is 1080. The Balaban J connectivity index is 1.99. The molecule has 0 aliphatic carbocycles. The molecule has 156 valence electrons. The maximum atomic E-state index is 13.9. The predicted molar refractivity (Wildman–Crippen MR) is 99.9 cm³/mol. The van der Waals surface area contributed by atoms with Gasteiger partial charge in [0, 0.05) is 23.7 Å². The summed E-state index contributed by atoms with van der Waals surface area (Å²) in [6.45, 7) is 1.71. The van der Waals surface area contributed by atoms with E-state index in [4.69, 9.17) is 5.11 Å². The van der Waals surface area contributed by atoms with Crippen LogP contribution in [0.4, 0.5) is 22.0 Å². The number of hydrogen-bond acceptors (Lipinski definition) is 4. The molecular weight excluding hydrogens is 437 g/mol. The predicted octanol–water partition coefficient (Wildman–Crippen LogP) is 5.48. The lowest BCUT2D eigenvalue weighted by Gasteiger charge is -2.12. The highest BCUT2D eigenvalue weighted by Crippen LogP contribution is 2.43. The van der Waals surface area contributed by atoms with E-state index in [0.717, 1.165) is 23.5 Å². The monoisotopic (exact) mass is 451 g/mol. The fourth-order valence-corrected chi connectivity index (χ4v) is 4.85. The molecule has 2 heterocycles. The molecule has 0 radical (unpaired) electrons. The van der Waals surface area contributed by atoms with Crippen molar-refractivity contribution in [2.75, 3.05) is 0 Å². The first kappa shape index (κ1) is 21.4. The smallest absolute Gasteiger partial charge is 0.358 e. The lowest BCUT2D eigenvalue weighted by Crippen LogP contribution is -2.21. The van der Waals surface area contributed by atoms with E-state index >= 15 is 0 Å². The van der Waals surface area contributed by atoms with Gasteiger partial charge in [0.25, 0.3) is 0 Å². The highest BCUT2D eigenvalue weighted by molar-refractivity contribution is 8.02. The number of halogens is 5. The number of phenolic OH excluding ortho intramolecular Hbond substituents is 1. The quantitative estimate of drug-likeness (QED) is 0.369. The van der Waals surface area contributed by atoms with E-state index in [1.165, 1.54) is 11.4 Å². The first-order valence-electron chi connectivity index (χ1n) is 8.14. The molecule has 4 nitrogen and oxygen atoms in total. The molecule has 1 aromatic carbocycles. The van der Waals surface area contributed by atoms with Crippen molar-refractivity contribution in [2.24, 2.45) is 0 Å².